The number of benzene rings is 1. The molecule has 246 valence electrons. The summed E-state index contributed by atoms with van der Waals surface area (Å²) in [6.45, 7) is 8.11. The summed E-state index contributed by atoms with van der Waals surface area (Å²) in [5, 5.41) is 13.3. The predicted octanol–water partition coefficient (Wildman–Crippen LogP) is 5.38. The van der Waals surface area contributed by atoms with Crippen LogP contribution in [0.4, 0.5) is 20.3 Å². The first-order valence-corrected chi connectivity index (χ1v) is 17.3. The van der Waals surface area contributed by atoms with Crippen LogP contribution in [0.25, 0.3) is 11.3 Å². The van der Waals surface area contributed by atoms with Crippen LogP contribution in [0.2, 0.25) is 0 Å². The van der Waals surface area contributed by atoms with Crippen molar-refractivity contribution in [1.29, 1.82) is 0 Å². The highest BCUT2D eigenvalue weighted by molar-refractivity contribution is 5.77. The number of aromatic nitrogens is 4. The minimum absolute atomic E-state index is 0.00223. The number of carbonyl (C=O) groups excluding carboxylic acids is 1. The summed E-state index contributed by atoms with van der Waals surface area (Å²) in [6.07, 6.45) is 9.09. The van der Waals surface area contributed by atoms with E-state index < -0.39 is 6.43 Å². The number of piperidine rings is 1. The van der Waals surface area contributed by atoms with Gasteiger partial charge in [0.25, 0.3) is 6.43 Å². The molecule has 0 bridgehead atoms. The van der Waals surface area contributed by atoms with Crippen LogP contribution in [-0.2, 0) is 31.2 Å². The van der Waals surface area contributed by atoms with Gasteiger partial charge in [-0.15, -0.1) is 0 Å². The Bertz CT molecular complexity index is 1610. The van der Waals surface area contributed by atoms with Gasteiger partial charge < -0.3 is 20.0 Å². The molecule has 3 fully saturated rings. The minimum Gasteiger partial charge on any atom is -0.338 e. The van der Waals surface area contributed by atoms with E-state index in [9.17, 15) is 13.6 Å². The van der Waals surface area contributed by atoms with Gasteiger partial charge in [-0.05, 0) is 80.5 Å². The van der Waals surface area contributed by atoms with Crippen LogP contribution in [0.5, 0.6) is 0 Å². The van der Waals surface area contributed by atoms with E-state index in [0.29, 0.717) is 48.4 Å². The van der Waals surface area contributed by atoms with Crippen molar-refractivity contribution in [3.63, 3.8) is 0 Å². The zero-order chi connectivity index (χ0) is 31.6. The highest BCUT2D eigenvalue weighted by Crippen LogP contribution is 2.45. The van der Waals surface area contributed by atoms with Gasteiger partial charge in [0.15, 0.2) is 5.82 Å². The molecule has 1 saturated carbocycles. The molecule has 2 saturated heterocycles. The average molecular weight is 633 g/mol. The Kier molecular flexibility index (Phi) is 7.67. The first-order valence-electron chi connectivity index (χ1n) is 17.3. The van der Waals surface area contributed by atoms with Gasteiger partial charge in [-0.2, -0.15) is 10.2 Å². The molecular formula is C35H46F2N8O. The van der Waals surface area contributed by atoms with Crippen molar-refractivity contribution in [2.75, 3.05) is 44.2 Å². The second kappa shape index (κ2) is 11.7. The maximum Gasteiger partial charge on any atom is 0.264 e. The fourth-order valence-corrected chi connectivity index (χ4v) is 8.95. The number of fused-ring (bicyclic) bond motifs is 2. The number of amides is 1. The quantitative estimate of drug-likeness (QED) is 0.408. The lowest BCUT2D eigenvalue weighted by atomic mass is 9.68. The molecule has 1 amide bonds. The van der Waals surface area contributed by atoms with Crippen LogP contribution < -0.4 is 10.2 Å². The van der Waals surface area contributed by atoms with Gasteiger partial charge in [-0.1, -0.05) is 0 Å². The molecule has 6 heterocycles. The van der Waals surface area contributed by atoms with Gasteiger partial charge in [-0.25, -0.2) is 8.78 Å². The van der Waals surface area contributed by atoms with Gasteiger partial charge in [-0.3, -0.25) is 14.2 Å². The summed E-state index contributed by atoms with van der Waals surface area (Å²) in [5.74, 6) is 0.894. The zero-order valence-electron chi connectivity index (χ0n) is 27.1. The Morgan fingerprint density at radius 1 is 1.00 bits per heavy atom. The highest BCUT2D eigenvalue weighted by atomic mass is 19.3. The molecule has 46 heavy (non-hydrogen) atoms. The van der Waals surface area contributed by atoms with Crippen LogP contribution in [0, 0.1) is 5.41 Å². The lowest BCUT2D eigenvalue weighted by Crippen LogP contribution is -2.57. The van der Waals surface area contributed by atoms with Crippen LogP contribution in [0.3, 0.4) is 0 Å². The number of nitrogens with one attached hydrogen (secondary N) is 1. The van der Waals surface area contributed by atoms with Gasteiger partial charge in [0.2, 0.25) is 5.91 Å². The molecule has 9 nitrogen and oxygen atoms in total. The van der Waals surface area contributed by atoms with E-state index in [2.05, 4.69) is 24.9 Å². The van der Waals surface area contributed by atoms with Gasteiger partial charge in [0, 0.05) is 100.0 Å². The summed E-state index contributed by atoms with van der Waals surface area (Å²) in [4.78, 5) is 19.3. The fraction of sp³-hybridized carbons (Fsp3) is 0.629. The summed E-state index contributed by atoms with van der Waals surface area (Å²) in [6, 6.07) is 6.39. The number of hydrogen-bond acceptors (Lipinski definition) is 6. The molecule has 11 heteroatoms. The number of hydrogen-bond donors (Lipinski definition) is 1. The Balaban J connectivity index is 1.10. The molecule has 1 N–H and O–H groups in total. The van der Waals surface area contributed by atoms with E-state index in [1.165, 1.54) is 44.5 Å². The molecule has 3 aromatic rings. The molecule has 4 aliphatic heterocycles. The average Bonchev–Trinajstić information content (AvgIpc) is 3.66. The van der Waals surface area contributed by atoms with Gasteiger partial charge in [0.1, 0.15) is 0 Å². The minimum atomic E-state index is -2.63. The van der Waals surface area contributed by atoms with E-state index in [1.54, 1.807) is 37.0 Å². The van der Waals surface area contributed by atoms with Gasteiger partial charge >= 0.3 is 0 Å². The first-order chi connectivity index (χ1) is 22.3. The lowest BCUT2D eigenvalue weighted by Gasteiger charge is -2.50. The van der Waals surface area contributed by atoms with Crippen molar-refractivity contribution >= 4 is 17.4 Å². The number of nitrogens with zero attached hydrogens (tertiary/aromatic N) is 7. The van der Waals surface area contributed by atoms with E-state index >= 15 is 0 Å². The standard InChI is InChI=1S/C35H46F2N8O/c1-23(46)43-17-10-31-29(20-43)34(40-45(31)26-7-15-42(16-8-26)25-5-11-35(12-6-25)21-38-22-35)44-13-3-4-24-18-27(30-9-14-41(2)39-30)28(33(36)37)19-32(24)44/h9,14,18-19,25-26,33,38H,3-8,10-13,15-17,20-22H2,1-2H3. The fourth-order valence-electron chi connectivity index (χ4n) is 8.95. The molecule has 8 rings (SSSR count). The van der Waals surface area contributed by atoms with Crippen LogP contribution in [0.1, 0.15) is 86.7 Å². The van der Waals surface area contributed by atoms with Crippen molar-refractivity contribution in [1.82, 2.24) is 34.7 Å². The normalized spacial score (nSPS) is 22.3. The maximum atomic E-state index is 14.6. The van der Waals surface area contributed by atoms with Crippen molar-refractivity contribution in [3.05, 3.63) is 46.8 Å². The molecule has 1 spiro atoms. The summed E-state index contributed by atoms with van der Waals surface area (Å²) in [5.41, 5.74) is 5.78. The van der Waals surface area contributed by atoms with Crippen molar-refractivity contribution in [2.24, 2.45) is 12.5 Å². The highest BCUT2D eigenvalue weighted by Gasteiger charge is 2.42. The number of anilines is 2. The number of carbonyl (C=O) groups is 1. The second-order valence-electron chi connectivity index (χ2n) is 14.5. The van der Waals surface area contributed by atoms with Crippen LogP contribution in [0.15, 0.2) is 24.4 Å². The maximum absolute atomic E-state index is 14.6. The summed E-state index contributed by atoms with van der Waals surface area (Å²) < 4.78 is 33.1. The molecular weight excluding hydrogens is 586 g/mol. The SMILES string of the molecule is CC(=O)N1CCc2c(c(N3CCCc4cc(-c5ccn(C)n5)c(C(F)F)cc43)nn2C2CCN(C3CCC4(CC3)CNC4)CC2)C1. The third-order valence-corrected chi connectivity index (χ3v) is 11.7. The predicted molar refractivity (Wildman–Crippen MR) is 173 cm³/mol. The Morgan fingerprint density at radius 3 is 2.43 bits per heavy atom. The van der Waals surface area contributed by atoms with Crippen molar-refractivity contribution in [3.8, 4) is 11.3 Å². The number of aryl methyl sites for hydroxylation is 2. The third kappa shape index (κ3) is 5.23. The molecule has 0 atom stereocenters. The number of alkyl halides is 2. The monoisotopic (exact) mass is 632 g/mol. The molecule has 0 unspecified atom stereocenters. The van der Waals surface area contributed by atoms with Crippen LogP contribution in [-0.4, -0.2) is 80.6 Å². The Labute approximate surface area is 269 Å². The number of halogens is 2. The van der Waals surface area contributed by atoms with E-state index in [4.69, 9.17) is 5.10 Å². The van der Waals surface area contributed by atoms with Crippen molar-refractivity contribution < 1.29 is 13.6 Å². The molecule has 5 aliphatic rings. The zero-order valence-corrected chi connectivity index (χ0v) is 27.1. The summed E-state index contributed by atoms with van der Waals surface area (Å²) in [7, 11) is 1.80. The number of likely N-dealkylation sites (tertiary alicyclic amines) is 1. The smallest absolute Gasteiger partial charge is 0.264 e. The Morgan fingerprint density at radius 2 is 1.78 bits per heavy atom. The first kappa shape index (κ1) is 30.1. The molecule has 2 aromatic heterocycles. The lowest BCUT2D eigenvalue weighted by molar-refractivity contribution is -0.129. The van der Waals surface area contributed by atoms with E-state index in [1.807, 2.05) is 11.0 Å². The molecule has 1 aromatic carbocycles. The van der Waals surface area contributed by atoms with E-state index in [-0.39, 0.29) is 11.5 Å². The molecule has 0 radical (unpaired) electrons. The Hall–Kier alpha value is -3.31. The third-order valence-electron chi connectivity index (χ3n) is 11.7. The van der Waals surface area contributed by atoms with Gasteiger partial charge in [0.05, 0.1) is 18.3 Å². The van der Waals surface area contributed by atoms with E-state index in [0.717, 1.165) is 67.8 Å². The number of rotatable bonds is 5. The largest absolute Gasteiger partial charge is 0.338 e. The van der Waals surface area contributed by atoms with Crippen LogP contribution >= 0.6 is 0 Å². The topological polar surface area (TPSA) is 74.5 Å². The summed E-state index contributed by atoms with van der Waals surface area (Å²) >= 11 is 0. The molecule has 1 aliphatic carbocycles. The second-order valence-corrected chi connectivity index (χ2v) is 14.5. The van der Waals surface area contributed by atoms with Crippen molar-refractivity contribution in [2.45, 2.75) is 89.8 Å².